The molecule has 20 heteroatoms. The first-order valence-corrected chi connectivity index (χ1v) is 10.7. The van der Waals surface area contributed by atoms with Gasteiger partial charge in [0, 0.05) is 0 Å². The van der Waals surface area contributed by atoms with E-state index in [0.717, 1.165) is 0 Å². The highest BCUT2D eigenvalue weighted by atomic mass is 31.3. The lowest BCUT2D eigenvalue weighted by molar-refractivity contribution is -0.132. The van der Waals surface area contributed by atoms with Gasteiger partial charge in [0.05, 0.1) is 12.4 Å². The van der Waals surface area contributed by atoms with Crippen LogP contribution < -0.4 is 11.3 Å². The topological polar surface area (TPSA) is 323 Å². The molecule has 31 heavy (non-hydrogen) atoms. The number of nitrogen functional groups attached to an aromatic ring is 1. The highest BCUT2D eigenvalue weighted by Gasteiger charge is 2.28. The zero-order valence-corrected chi connectivity index (χ0v) is 17.2. The minimum Gasteiger partial charge on any atom is -0.391 e. The predicted octanol–water partition coefficient (Wildman–Crippen LogP) is -3.93. The third-order valence-corrected chi connectivity index (χ3v) is 4.56. The van der Waals surface area contributed by atoms with Crippen LogP contribution in [-0.2, 0) is 18.2 Å². The van der Waals surface area contributed by atoms with Crippen LogP contribution in [0.4, 0.5) is 5.95 Å². The highest BCUT2D eigenvalue weighted by molar-refractivity contribution is 7.60. The number of imidazole rings is 1. The van der Waals surface area contributed by atoms with Gasteiger partial charge >= 0.3 is 15.6 Å². The summed E-state index contributed by atoms with van der Waals surface area (Å²) in [5.74, 6) is 0.0783. The van der Waals surface area contributed by atoms with Gasteiger partial charge in [-0.1, -0.05) is 0 Å². The monoisotopic (exact) mass is 493 g/mol. The Labute approximate surface area is 171 Å². The number of anilines is 1. The van der Waals surface area contributed by atoms with Crippen molar-refractivity contribution in [1.29, 1.82) is 0 Å². The molecule has 18 nitrogen and oxygen atoms in total. The first kappa shape index (κ1) is 28.9. The van der Waals surface area contributed by atoms with Crippen LogP contribution >= 0.6 is 15.6 Å². The molecular weight excluding hydrogens is 472 g/mol. The van der Waals surface area contributed by atoms with E-state index < -0.39 is 40.1 Å². The van der Waals surface area contributed by atoms with E-state index in [1.165, 1.54) is 13.3 Å². The van der Waals surface area contributed by atoms with Crippen LogP contribution in [0.2, 0.25) is 0 Å². The van der Waals surface area contributed by atoms with E-state index in [2.05, 4.69) is 24.2 Å². The fourth-order valence-electron chi connectivity index (χ4n) is 1.57. The quantitative estimate of drug-likeness (QED) is 0.135. The number of hydrogen-bond acceptors (Lipinski definition) is 12. The first-order valence-electron chi connectivity index (χ1n) is 7.67. The average Bonchev–Trinajstić information content (AvgIpc) is 3.06. The second kappa shape index (κ2) is 12.1. The van der Waals surface area contributed by atoms with E-state index in [0.29, 0.717) is 11.2 Å². The highest BCUT2D eigenvalue weighted by Crippen LogP contribution is 2.53. The summed E-state index contributed by atoms with van der Waals surface area (Å²) in [5.41, 5.74) is 5.65. The first-order chi connectivity index (χ1) is 14.0. The van der Waals surface area contributed by atoms with Gasteiger partial charge in [0.15, 0.2) is 17.5 Å². The molecule has 2 aromatic rings. The molecule has 0 aliphatic carbocycles. The molecule has 0 spiro atoms. The lowest BCUT2D eigenvalue weighted by Crippen LogP contribution is -2.43. The van der Waals surface area contributed by atoms with Gasteiger partial charge < -0.3 is 55.5 Å². The van der Waals surface area contributed by atoms with E-state index in [4.69, 9.17) is 45.7 Å². The van der Waals surface area contributed by atoms with Crippen molar-refractivity contribution in [3.8, 4) is 0 Å². The maximum Gasteiger partial charge on any atom is 0.478 e. The SMILES string of the molecule is CC(O)C(O)C(O)C(O)C=O.Nc1nc2nc[nH]c2c(=O)[nH]1.O=P(O)(O)OP(=O)(O)O. The molecular formula is C11H21N5O13P2. The fourth-order valence-corrected chi connectivity index (χ4v) is 2.67. The Morgan fingerprint density at radius 1 is 1.10 bits per heavy atom. The van der Waals surface area contributed by atoms with Crippen molar-refractivity contribution in [3.63, 3.8) is 0 Å². The van der Waals surface area contributed by atoms with Crippen molar-refractivity contribution in [2.24, 2.45) is 0 Å². The molecule has 2 rings (SSSR count). The molecule has 0 aliphatic rings. The number of aliphatic hydroxyl groups excluding tert-OH is 4. The molecule has 4 atom stereocenters. The number of H-pyrrole nitrogens is 2. The normalized spacial score (nSPS) is 15.5. The Balaban J connectivity index is 0.000000439. The average molecular weight is 493 g/mol. The van der Waals surface area contributed by atoms with Gasteiger partial charge in [0.1, 0.15) is 18.3 Å². The number of phosphoric acid groups is 2. The van der Waals surface area contributed by atoms with Gasteiger partial charge in [-0.05, 0) is 6.92 Å². The molecule has 2 aromatic heterocycles. The molecule has 0 saturated heterocycles. The number of nitrogens with one attached hydrogen (secondary N) is 2. The van der Waals surface area contributed by atoms with E-state index in [1.807, 2.05) is 0 Å². The van der Waals surface area contributed by atoms with Crippen LogP contribution in [0, 0.1) is 0 Å². The second-order valence-electron chi connectivity index (χ2n) is 5.46. The van der Waals surface area contributed by atoms with Gasteiger partial charge in [-0.15, -0.1) is 0 Å². The fraction of sp³-hybridized carbons (Fsp3) is 0.455. The van der Waals surface area contributed by atoms with Gasteiger partial charge in [0.25, 0.3) is 5.56 Å². The lowest BCUT2D eigenvalue weighted by Gasteiger charge is -2.21. The molecule has 178 valence electrons. The number of aromatic nitrogens is 4. The minimum atomic E-state index is -5.05. The Hall–Kier alpha value is -2.08. The number of aromatic amines is 2. The van der Waals surface area contributed by atoms with Crippen LogP contribution in [0.3, 0.4) is 0 Å². The minimum absolute atomic E-state index is 0.0783. The molecule has 0 saturated carbocycles. The molecule has 0 amide bonds. The molecule has 0 radical (unpaired) electrons. The summed E-state index contributed by atoms with van der Waals surface area (Å²) < 4.78 is 22.2. The van der Waals surface area contributed by atoms with Crippen molar-refractivity contribution in [2.45, 2.75) is 31.3 Å². The standard InChI is InChI=1S/C6H12O5.C5H5N5O.H4O7P2/c1-3(8)5(10)6(11)4(9)2-7;6-5-9-3-2(4(11)10-5)7-1-8-3;1-8(2,3)7-9(4,5)6/h2-6,8-11H,1H3;1H,(H4,6,7,8,9,10,11);(H2,1,2,3)(H2,4,5,6). The van der Waals surface area contributed by atoms with E-state index >= 15 is 0 Å². The summed E-state index contributed by atoms with van der Waals surface area (Å²) in [7, 11) is -10.1. The summed E-state index contributed by atoms with van der Waals surface area (Å²) in [6.45, 7) is 1.24. The number of aliphatic hydroxyl groups is 4. The van der Waals surface area contributed by atoms with Crippen LogP contribution in [0.15, 0.2) is 11.1 Å². The van der Waals surface area contributed by atoms with Gasteiger partial charge in [-0.25, -0.2) is 14.1 Å². The molecule has 12 N–H and O–H groups in total. The third-order valence-electron chi connectivity index (χ3n) is 2.86. The number of hydrogen-bond donors (Lipinski definition) is 11. The number of fused-ring (bicyclic) bond motifs is 1. The van der Waals surface area contributed by atoms with Crippen molar-refractivity contribution in [2.75, 3.05) is 5.73 Å². The number of rotatable bonds is 6. The van der Waals surface area contributed by atoms with Crippen molar-refractivity contribution in [1.82, 2.24) is 19.9 Å². The van der Waals surface area contributed by atoms with Crippen molar-refractivity contribution >= 4 is 39.0 Å². The van der Waals surface area contributed by atoms with Crippen molar-refractivity contribution < 1.29 is 58.2 Å². The van der Waals surface area contributed by atoms with Crippen molar-refractivity contribution in [3.05, 3.63) is 16.7 Å². The molecule has 2 heterocycles. The Kier molecular flexibility index (Phi) is 11.3. The van der Waals surface area contributed by atoms with E-state index in [-0.39, 0.29) is 17.8 Å². The van der Waals surface area contributed by atoms with E-state index in [1.54, 1.807) is 0 Å². The maximum atomic E-state index is 11.0. The number of carbonyl (C=O) groups is 1. The smallest absolute Gasteiger partial charge is 0.391 e. The largest absolute Gasteiger partial charge is 0.478 e. The predicted molar refractivity (Wildman–Crippen MR) is 99.9 cm³/mol. The second-order valence-corrected chi connectivity index (χ2v) is 8.08. The zero-order valence-electron chi connectivity index (χ0n) is 15.4. The van der Waals surface area contributed by atoms with Gasteiger partial charge in [-0.2, -0.15) is 9.29 Å². The summed E-state index contributed by atoms with van der Waals surface area (Å²) in [6, 6.07) is 0. The van der Waals surface area contributed by atoms with Gasteiger partial charge in [0.2, 0.25) is 5.95 Å². The van der Waals surface area contributed by atoms with Crippen LogP contribution in [-0.4, -0.2) is 90.6 Å². The number of nitrogens with zero attached hydrogens (tertiary/aromatic N) is 2. The zero-order chi connectivity index (χ0) is 24.6. The molecule has 0 bridgehead atoms. The third kappa shape index (κ3) is 11.8. The number of nitrogens with two attached hydrogens (primary N) is 1. The summed E-state index contributed by atoms with van der Waals surface area (Å²) in [6.07, 6.45) is -4.48. The molecule has 0 fully saturated rings. The Morgan fingerprint density at radius 2 is 1.61 bits per heavy atom. The Bertz CT molecular complexity index is 962. The summed E-state index contributed by atoms with van der Waals surface area (Å²) >= 11 is 0. The summed E-state index contributed by atoms with van der Waals surface area (Å²) in [5, 5.41) is 35.1. The molecule has 0 aromatic carbocycles. The lowest BCUT2D eigenvalue weighted by atomic mass is 10.1. The number of carbonyl (C=O) groups excluding carboxylic acids is 1. The maximum absolute atomic E-state index is 11.0. The molecule has 4 unspecified atom stereocenters. The van der Waals surface area contributed by atoms with E-state index in [9.17, 15) is 18.7 Å². The Morgan fingerprint density at radius 3 is 2.00 bits per heavy atom. The molecule has 0 aliphatic heterocycles. The van der Waals surface area contributed by atoms with Crippen LogP contribution in [0.25, 0.3) is 11.2 Å². The van der Waals surface area contributed by atoms with Crippen LogP contribution in [0.1, 0.15) is 6.92 Å². The summed E-state index contributed by atoms with van der Waals surface area (Å²) in [4.78, 5) is 64.4. The number of aldehydes is 1. The van der Waals surface area contributed by atoms with Gasteiger partial charge in [-0.3, -0.25) is 9.78 Å². The van der Waals surface area contributed by atoms with Crippen LogP contribution in [0.5, 0.6) is 0 Å².